The van der Waals surface area contributed by atoms with Crippen molar-refractivity contribution in [2.45, 2.75) is 39.4 Å². The minimum Gasteiger partial charge on any atom is -0.493 e. The molecule has 0 spiro atoms. The minimum absolute atomic E-state index is 0.0235. The maximum atomic E-state index is 13.8. The fourth-order valence-electron chi connectivity index (χ4n) is 5.07. The lowest BCUT2D eigenvalue weighted by atomic mass is 10.1. The van der Waals surface area contributed by atoms with E-state index in [-0.39, 0.29) is 23.7 Å². The molecule has 0 bridgehead atoms. The largest absolute Gasteiger partial charge is 0.493 e. The Bertz CT molecular complexity index is 1560. The highest BCUT2D eigenvalue weighted by Gasteiger charge is 2.33. The van der Waals surface area contributed by atoms with Gasteiger partial charge >= 0.3 is 0 Å². The van der Waals surface area contributed by atoms with Crippen LogP contribution >= 0.6 is 24.0 Å². The number of thioether (sulfide) groups is 1. The number of nitrogens with zero attached hydrogens (tertiary/aromatic N) is 4. The number of aryl methyl sites for hydroxylation is 1. The summed E-state index contributed by atoms with van der Waals surface area (Å²) in [7, 11) is 3.18. The quantitative estimate of drug-likeness (QED) is 0.303. The van der Waals surface area contributed by atoms with Gasteiger partial charge < -0.3 is 19.1 Å². The summed E-state index contributed by atoms with van der Waals surface area (Å²) in [5.74, 6) is 1.60. The molecule has 4 heterocycles. The summed E-state index contributed by atoms with van der Waals surface area (Å²) in [6.07, 6.45) is 3.95. The number of benzene rings is 1. The highest BCUT2D eigenvalue weighted by Crippen LogP contribution is 2.34. The van der Waals surface area contributed by atoms with Crippen LogP contribution in [0.1, 0.15) is 30.5 Å². The second-order valence-electron chi connectivity index (χ2n) is 10.0. The molecule has 1 aromatic carbocycles. The van der Waals surface area contributed by atoms with E-state index < -0.39 is 0 Å². The average Bonchev–Trinajstić information content (AvgIpc) is 3.19. The predicted octanol–water partition coefficient (Wildman–Crippen LogP) is 4.08. The Morgan fingerprint density at radius 3 is 2.52 bits per heavy atom. The zero-order valence-electron chi connectivity index (χ0n) is 23.2. The van der Waals surface area contributed by atoms with E-state index in [4.69, 9.17) is 31.4 Å². The molecule has 11 heteroatoms. The molecule has 5 rings (SSSR count). The molecule has 2 unspecified atom stereocenters. The highest BCUT2D eigenvalue weighted by atomic mass is 32.2. The first-order valence-corrected chi connectivity index (χ1v) is 14.3. The zero-order valence-corrected chi connectivity index (χ0v) is 24.8. The van der Waals surface area contributed by atoms with Gasteiger partial charge in [0.05, 0.1) is 36.9 Å². The highest BCUT2D eigenvalue weighted by molar-refractivity contribution is 8.26. The van der Waals surface area contributed by atoms with Crippen molar-refractivity contribution in [3.63, 3.8) is 0 Å². The van der Waals surface area contributed by atoms with Crippen LogP contribution in [0.2, 0.25) is 0 Å². The molecule has 210 valence electrons. The van der Waals surface area contributed by atoms with Gasteiger partial charge in [-0.25, -0.2) is 4.98 Å². The number of thiocarbonyl (C=S) groups is 1. The predicted molar refractivity (Wildman–Crippen MR) is 162 cm³/mol. The van der Waals surface area contributed by atoms with E-state index in [1.807, 2.05) is 51.1 Å². The summed E-state index contributed by atoms with van der Waals surface area (Å²) >= 11 is 6.79. The fraction of sp³-hybridized carbons (Fsp3) is 0.379. The van der Waals surface area contributed by atoms with Crippen molar-refractivity contribution in [2.24, 2.45) is 0 Å². The number of fused-ring (bicyclic) bond motifs is 1. The number of carbonyl (C=O) groups excluding carboxylic acids is 1. The molecule has 0 saturated carbocycles. The lowest BCUT2D eigenvalue weighted by Gasteiger charge is -2.36. The summed E-state index contributed by atoms with van der Waals surface area (Å²) in [5, 5.41) is 0. The molecule has 40 heavy (non-hydrogen) atoms. The average molecular weight is 581 g/mol. The summed E-state index contributed by atoms with van der Waals surface area (Å²) in [4.78, 5) is 36.3. The Kier molecular flexibility index (Phi) is 8.16. The molecule has 1 amide bonds. The Morgan fingerprint density at radius 1 is 1.10 bits per heavy atom. The summed E-state index contributed by atoms with van der Waals surface area (Å²) in [6.45, 7) is 7.51. The van der Waals surface area contributed by atoms with Crippen molar-refractivity contribution in [1.82, 2.24) is 14.3 Å². The standard InChI is InChI=1S/C29H32N4O5S2/c1-17-6-9-25-30-26(31-15-18(2)38-19(3)16-31)21(27(34)33(25)14-17)13-24-28(35)32(29(39)40-24)11-10-20-7-8-22(36-4)23(12-20)37-5/h6-9,12-14,18-19H,10-11,15-16H2,1-5H3/b24-13+. The van der Waals surface area contributed by atoms with Crippen molar-refractivity contribution in [3.05, 3.63) is 68.5 Å². The van der Waals surface area contributed by atoms with Gasteiger partial charge in [0.2, 0.25) is 0 Å². The van der Waals surface area contributed by atoms with Gasteiger partial charge in [-0.15, -0.1) is 0 Å². The molecule has 2 fully saturated rings. The summed E-state index contributed by atoms with van der Waals surface area (Å²) in [5.41, 5.74) is 2.61. The first-order valence-electron chi connectivity index (χ1n) is 13.1. The molecular weight excluding hydrogens is 548 g/mol. The number of methoxy groups -OCH3 is 2. The van der Waals surface area contributed by atoms with Crippen LogP contribution in [0.5, 0.6) is 11.5 Å². The summed E-state index contributed by atoms with van der Waals surface area (Å²) < 4.78 is 18.6. The number of hydrogen-bond acceptors (Lipinski definition) is 9. The topological polar surface area (TPSA) is 85.6 Å². The maximum Gasteiger partial charge on any atom is 0.267 e. The molecule has 9 nitrogen and oxygen atoms in total. The number of ether oxygens (including phenoxy) is 3. The molecule has 2 saturated heterocycles. The van der Waals surface area contributed by atoms with Crippen molar-refractivity contribution in [2.75, 3.05) is 38.8 Å². The number of hydrogen-bond donors (Lipinski definition) is 0. The lowest BCUT2D eigenvalue weighted by molar-refractivity contribution is -0.122. The third-order valence-electron chi connectivity index (χ3n) is 6.93. The Labute approximate surface area is 242 Å². The number of carbonyl (C=O) groups is 1. The Balaban J connectivity index is 1.48. The van der Waals surface area contributed by atoms with Gasteiger partial charge in [0, 0.05) is 25.8 Å². The van der Waals surface area contributed by atoms with Crippen molar-refractivity contribution >= 4 is 51.7 Å². The second-order valence-corrected chi connectivity index (χ2v) is 11.7. The molecule has 3 aromatic rings. The third-order valence-corrected chi connectivity index (χ3v) is 8.30. The van der Waals surface area contributed by atoms with E-state index in [1.54, 1.807) is 31.4 Å². The zero-order chi connectivity index (χ0) is 28.6. The normalized spacial score (nSPS) is 20.6. The van der Waals surface area contributed by atoms with Gasteiger partial charge in [0.15, 0.2) is 11.5 Å². The third kappa shape index (κ3) is 5.59. The number of rotatable bonds is 7. The fourth-order valence-corrected chi connectivity index (χ4v) is 6.36. The van der Waals surface area contributed by atoms with Gasteiger partial charge in [0.25, 0.3) is 11.5 Å². The van der Waals surface area contributed by atoms with Gasteiger partial charge in [-0.1, -0.05) is 36.1 Å². The number of morpholine rings is 1. The van der Waals surface area contributed by atoms with Crippen molar-refractivity contribution < 1.29 is 19.0 Å². The van der Waals surface area contributed by atoms with Crippen molar-refractivity contribution in [1.29, 1.82) is 0 Å². The van der Waals surface area contributed by atoms with E-state index >= 15 is 0 Å². The van der Waals surface area contributed by atoms with Gasteiger partial charge in [-0.05, 0) is 62.6 Å². The van der Waals surface area contributed by atoms with E-state index in [2.05, 4.69) is 4.90 Å². The number of anilines is 1. The molecule has 2 aliphatic heterocycles. The van der Waals surface area contributed by atoms with Crippen LogP contribution in [0.25, 0.3) is 11.7 Å². The first kappa shape index (κ1) is 28.1. The monoisotopic (exact) mass is 580 g/mol. The molecule has 2 aliphatic rings. The van der Waals surface area contributed by atoms with E-state index in [1.165, 1.54) is 16.2 Å². The Morgan fingerprint density at radius 2 is 1.82 bits per heavy atom. The van der Waals surface area contributed by atoms with Crippen LogP contribution in [0, 0.1) is 6.92 Å². The molecule has 2 aromatic heterocycles. The molecule has 0 aliphatic carbocycles. The second kappa shape index (κ2) is 11.6. The SMILES string of the molecule is COc1ccc(CCN2C(=O)/C(=C\c3c(N4CC(C)OC(C)C4)nc4ccc(C)cn4c3=O)SC2=S)cc1OC. The molecule has 2 atom stereocenters. The molecule has 0 radical (unpaired) electrons. The Hall–Kier alpha value is -3.41. The van der Waals surface area contributed by atoms with Crippen LogP contribution < -0.4 is 19.9 Å². The van der Waals surface area contributed by atoms with Gasteiger partial charge in [0.1, 0.15) is 15.8 Å². The maximum absolute atomic E-state index is 13.8. The molecule has 0 N–H and O–H groups in total. The minimum atomic E-state index is -0.230. The lowest BCUT2D eigenvalue weighted by Crippen LogP contribution is -2.46. The smallest absolute Gasteiger partial charge is 0.267 e. The molecular formula is C29H32N4O5S2. The number of aromatic nitrogens is 2. The van der Waals surface area contributed by atoms with Crippen LogP contribution in [0.4, 0.5) is 5.82 Å². The first-order chi connectivity index (χ1) is 19.2. The number of amides is 1. The van der Waals surface area contributed by atoms with E-state index in [0.29, 0.717) is 63.8 Å². The van der Waals surface area contributed by atoms with Crippen LogP contribution in [-0.4, -0.2) is 70.6 Å². The number of pyridine rings is 1. The van der Waals surface area contributed by atoms with Crippen molar-refractivity contribution in [3.8, 4) is 11.5 Å². The van der Waals surface area contributed by atoms with Crippen LogP contribution in [0.3, 0.4) is 0 Å². The van der Waals surface area contributed by atoms with Crippen LogP contribution in [-0.2, 0) is 16.0 Å². The van der Waals surface area contributed by atoms with Crippen LogP contribution in [0.15, 0.2) is 46.2 Å². The summed E-state index contributed by atoms with van der Waals surface area (Å²) in [6, 6.07) is 9.45. The van der Waals surface area contributed by atoms with E-state index in [0.717, 1.165) is 11.1 Å². The van der Waals surface area contributed by atoms with E-state index in [9.17, 15) is 9.59 Å². The van der Waals surface area contributed by atoms with Gasteiger partial charge in [-0.2, -0.15) is 0 Å². The van der Waals surface area contributed by atoms with Gasteiger partial charge in [-0.3, -0.25) is 18.9 Å².